The summed E-state index contributed by atoms with van der Waals surface area (Å²) in [6.07, 6.45) is 3.31. The summed E-state index contributed by atoms with van der Waals surface area (Å²) in [5.41, 5.74) is 0. The van der Waals surface area contributed by atoms with E-state index in [1.807, 2.05) is 4.90 Å². The number of amides is 1. The molecule has 0 bridgehead atoms. The Bertz CT molecular complexity index is 270. The second-order valence-corrected chi connectivity index (χ2v) is 5.66. The summed E-state index contributed by atoms with van der Waals surface area (Å²) in [7, 11) is 1.75. The van der Waals surface area contributed by atoms with Gasteiger partial charge in [0.2, 0.25) is 5.91 Å². The molecule has 2 fully saturated rings. The van der Waals surface area contributed by atoms with Crippen molar-refractivity contribution >= 4 is 5.91 Å². The zero-order valence-corrected chi connectivity index (χ0v) is 12.1. The third-order valence-electron chi connectivity index (χ3n) is 4.16. The first-order chi connectivity index (χ1) is 9.29. The predicted octanol–water partition coefficient (Wildman–Crippen LogP) is 0.167. The second kappa shape index (κ2) is 7.82. The number of nitrogens with zero attached hydrogens (tertiary/aromatic N) is 2. The first-order valence-electron chi connectivity index (χ1n) is 7.49. The van der Waals surface area contributed by atoms with Gasteiger partial charge in [-0.25, -0.2) is 0 Å². The Morgan fingerprint density at radius 3 is 2.74 bits per heavy atom. The molecule has 0 unspecified atom stereocenters. The van der Waals surface area contributed by atoms with Crippen LogP contribution in [0.2, 0.25) is 0 Å². The summed E-state index contributed by atoms with van der Waals surface area (Å²) >= 11 is 0. The average molecular weight is 269 g/mol. The molecule has 0 aromatic heterocycles. The predicted molar refractivity (Wildman–Crippen MR) is 75.1 cm³/mol. The molecule has 5 nitrogen and oxygen atoms in total. The van der Waals surface area contributed by atoms with Crippen molar-refractivity contribution < 1.29 is 9.53 Å². The molecule has 19 heavy (non-hydrogen) atoms. The molecule has 2 saturated heterocycles. The maximum atomic E-state index is 12.3. The van der Waals surface area contributed by atoms with E-state index in [1.165, 1.54) is 0 Å². The van der Waals surface area contributed by atoms with Crippen LogP contribution in [0.25, 0.3) is 0 Å². The van der Waals surface area contributed by atoms with Crippen LogP contribution in [0.1, 0.15) is 19.3 Å². The SMILES string of the molecule is COCC1CCN(C(=O)CN2CCCNCC2)CC1. The van der Waals surface area contributed by atoms with Crippen molar-refractivity contribution in [3.05, 3.63) is 0 Å². The van der Waals surface area contributed by atoms with E-state index in [4.69, 9.17) is 4.74 Å². The normalized spacial score (nSPS) is 23.3. The number of likely N-dealkylation sites (tertiary alicyclic amines) is 1. The third-order valence-corrected chi connectivity index (χ3v) is 4.16. The molecule has 0 radical (unpaired) electrons. The number of hydrogen-bond acceptors (Lipinski definition) is 4. The minimum absolute atomic E-state index is 0.303. The first kappa shape index (κ1) is 14.8. The van der Waals surface area contributed by atoms with Crippen molar-refractivity contribution in [1.29, 1.82) is 0 Å². The fourth-order valence-corrected chi connectivity index (χ4v) is 2.94. The topological polar surface area (TPSA) is 44.8 Å². The van der Waals surface area contributed by atoms with Crippen LogP contribution in [0.3, 0.4) is 0 Å². The minimum Gasteiger partial charge on any atom is -0.384 e. The fourth-order valence-electron chi connectivity index (χ4n) is 2.94. The van der Waals surface area contributed by atoms with Crippen molar-refractivity contribution in [1.82, 2.24) is 15.1 Å². The van der Waals surface area contributed by atoms with Crippen LogP contribution in [-0.4, -0.2) is 75.2 Å². The van der Waals surface area contributed by atoms with E-state index in [-0.39, 0.29) is 0 Å². The highest BCUT2D eigenvalue weighted by molar-refractivity contribution is 5.78. The van der Waals surface area contributed by atoms with Crippen molar-refractivity contribution in [3.63, 3.8) is 0 Å². The van der Waals surface area contributed by atoms with Gasteiger partial charge in [0.05, 0.1) is 6.54 Å². The number of carbonyl (C=O) groups is 1. The monoisotopic (exact) mass is 269 g/mol. The van der Waals surface area contributed by atoms with Crippen LogP contribution >= 0.6 is 0 Å². The molecule has 0 aliphatic carbocycles. The molecule has 1 N–H and O–H groups in total. The Balaban J connectivity index is 1.71. The summed E-state index contributed by atoms with van der Waals surface area (Å²) in [6, 6.07) is 0. The van der Waals surface area contributed by atoms with Crippen molar-refractivity contribution in [2.45, 2.75) is 19.3 Å². The summed E-state index contributed by atoms with van der Waals surface area (Å²) in [4.78, 5) is 16.6. The lowest BCUT2D eigenvalue weighted by Crippen LogP contribution is -2.45. The van der Waals surface area contributed by atoms with E-state index < -0.39 is 0 Å². The number of piperidine rings is 1. The number of carbonyl (C=O) groups excluding carboxylic acids is 1. The van der Waals surface area contributed by atoms with Gasteiger partial charge in [-0.05, 0) is 38.3 Å². The van der Waals surface area contributed by atoms with E-state index in [9.17, 15) is 4.79 Å². The summed E-state index contributed by atoms with van der Waals surface area (Å²) in [5.74, 6) is 0.939. The van der Waals surface area contributed by atoms with E-state index in [2.05, 4.69) is 10.2 Å². The quantitative estimate of drug-likeness (QED) is 0.790. The van der Waals surface area contributed by atoms with Gasteiger partial charge in [0.25, 0.3) is 0 Å². The minimum atomic E-state index is 0.303. The molecule has 2 rings (SSSR count). The fraction of sp³-hybridized carbons (Fsp3) is 0.929. The molecule has 0 aromatic carbocycles. The van der Waals surface area contributed by atoms with Crippen LogP contribution in [0.15, 0.2) is 0 Å². The van der Waals surface area contributed by atoms with Gasteiger partial charge >= 0.3 is 0 Å². The maximum absolute atomic E-state index is 12.3. The Labute approximate surface area is 116 Å². The van der Waals surface area contributed by atoms with E-state index in [0.29, 0.717) is 18.4 Å². The second-order valence-electron chi connectivity index (χ2n) is 5.66. The number of methoxy groups -OCH3 is 1. The molecular formula is C14H27N3O2. The van der Waals surface area contributed by atoms with Gasteiger partial charge in [-0.2, -0.15) is 0 Å². The van der Waals surface area contributed by atoms with Gasteiger partial charge < -0.3 is 15.0 Å². The third kappa shape index (κ3) is 4.75. The van der Waals surface area contributed by atoms with Crippen LogP contribution < -0.4 is 5.32 Å². The Hall–Kier alpha value is -0.650. The molecule has 1 amide bonds. The summed E-state index contributed by atoms with van der Waals surface area (Å²) < 4.78 is 5.19. The molecule has 0 spiro atoms. The van der Waals surface area contributed by atoms with Crippen LogP contribution in [-0.2, 0) is 9.53 Å². The number of hydrogen-bond donors (Lipinski definition) is 1. The number of rotatable bonds is 4. The molecule has 0 aromatic rings. The highest BCUT2D eigenvalue weighted by Gasteiger charge is 2.24. The molecule has 0 saturated carbocycles. The van der Waals surface area contributed by atoms with E-state index >= 15 is 0 Å². The van der Waals surface area contributed by atoms with Gasteiger partial charge in [0, 0.05) is 39.9 Å². The first-order valence-corrected chi connectivity index (χ1v) is 7.49. The average Bonchev–Trinajstić information content (AvgIpc) is 2.68. The van der Waals surface area contributed by atoms with Crippen molar-refractivity contribution in [2.75, 3.05) is 59.5 Å². The molecule has 0 atom stereocenters. The van der Waals surface area contributed by atoms with Gasteiger partial charge in [0.15, 0.2) is 0 Å². The Kier molecular flexibility index (Phi) is 6.07. The molecule has 2 heterocycles. The molecular weight excluding hydrogens is 242 g/mol. The summed E-state index contributed by atoms with van der Waals surface area (Å²) in [6.45, 7) is 7.34. The van der Waals surface area contributed by atoms with Crippen LogP contribution in [0.5, 0.6) is 0 Å². The number of nitrogens with one attached hydrogen (secondary N) is 1. The Morgan fingerprint density at radius 2 is 2.00 bits per heavy atom. The maximum Gasteiger partial charge on any atom is 0.236 e. The molecule has 110 valence electrons. The summed E-state index contributed by atoms with van der Waals surface area (Å²) in [5, 5.41) is 3.37. The van der Waals surface area contributed by atoms with Crippen molar-refractivity contribution in [3.8, 4) is 0 Å². The van der Waals surface area contributed by atoms with Gasteiger partial charge in [0.1, 0.15) is 0 Å². The molecule has 2 aliphatic heterocycles. The molecule has 5 heteroatoms. The highest BCUT2D eigenvalue weighted by atomic mass is 16.5. The largest absolute Gasteiger partial charge is 0.384 e. The molecule has 2 aliphatic rings. The lowest BCUT2D eigenvalue weighted by molar-refractivity contribution is -0.134. The van der Waals surface area contributed by atoms with Crippen LogP contribution in [0, 0.1) is 5.92 Å². The smallest absolute Gasteiger partial charge is 0.236 e. The zero-order valence-electron chi connectivity index (χ0n) is 12.1. The Morgan fingerprint density at radius 1 is 1.21 bits per heavy atom. The van der Waals surface area contributed by atoms with E-state index in [1.54, 1.807) is 7.11 Å². The van der Waals surface area contributed by atoms with Crippen molar-refractivity contribution in [2.24, 2.45) is 5.92 Å². The van der Waals surface area contributed by atoms with Gasteiger partial charge in [-0.3, -0.25) is 9.69 Å². The lowest BCUT2D eigenvalue weighted by Gasteiger charge is -2.33. The van der Waals surface area contributed by atoms with Gasteiger partial charge in [-0.1, -0.05) is 0 Å². The highest BCUT2D eigenvalue weighted by Crippen LogP contribution is 2.17. The lowest BCUT2D eigenvalue weighted by atomic mass is 9.98. The number of ether oxygens (including phenoxy) is 1. The zero-order chi connectivity index (χ0) is 13.5. The van der Waals surface area contributed by atoms with Crippen LogP contribution in [0.4, 0.5) is 0 Å². The standard InChI is InChI=1S/C14H27N3O2/c1-19-12-13-3-8-17(9-4-13)14(18)11-16-7-2-5-15-6-10-16/h13,15H,2-12H2,1H3. The van der Waals surface area contributed by atoms with E-state index in [0.717, 1.165) is 65.1 Å². The van der Waals surface area contributed by atoms with Gasteiger partial charge in [-0.15, -0.1) is 0 Å².